The number of nitrogens with two attached hydrogens (primary N) is 1. The van der Waals surface area contributed by atoms with E-state index in [1.165, 1.54) is 12.8 Å². The maximum atomic E-state index is 11.7. The molecule has 0 aromatic heterocycles. The van der Waals surface area contributed by atoms with Gasteiger partial charge >= 0.3 is 0 Å². The normalized spacial score (nSPS) is 32.2. The molecule has 2 rings (SSSR count). The van der Waals surface area contributed by atoms with Gasteiger partial charge in [-0.25, -0.2) is 8.42 Å². The molecule has 2 N–H and O–H groups in total. The molecular weight excluding hydrogens is 236 g/mol. The molecule has 0 bridgehead atoms. The highest BCUT2D eigenvalue weighted by molar-refractivity contribution is 7.91. The van der Waals surface area contributed by atoms with Gasteiger partial charge in [0.25, 0.3) is 0 Å². The summed E-state index contributed by atoms with van der Waals surface area (Å²) in [6.45, 7) is 4.64. The van der Waals surface area contributed by atoms with Crippen LogP contribution in [0.25, 0.3) is 0 Å². The van der Waals surface area contributed by atoms with E-state index >= 15 is 0 Å². The van der Waals surface area contributed by atoms with E-state index in [2.05, 4.69) is 11.8 Å². The van der Waals surface area contributed by atoms with Crippen molar-refractivity contribution in [3.63, 3.8) is 0 Å². The standard InChI is InChI=1S/C12H24N2O2S/c1-2-6-14(8-11-3-4-11)12(9-13)5-7-17(15,16)10-12/h11H,2-10,13H2,1H3. The first-order valence-corrected chi connectivity index (χ1v) is 8.49. The fourth-order valence-electron chi connectivity index (χ4n) is 2.84. The fraction of sp³-hybridized carbons (Fsp3) is 1.00. The van der Waals surface area contributed by atoms with Gasteiger partial charge in [0.05, 0.1) is 11.5 Å². The third-order valence-corrected chi connectivity index (χ3v) is 5.89. The molecule has 4 nitrogen and oxygen atoms in total. The zero-order valence-electron chi connectivity index (χ0n) is 10.7. The van der Waals surface area contributed by atoms with E-state index in [-0.39, 0.29) is 11.3 Å². The highest BCUT2D eigenvalue weighted by atomic mass is 32.2. The Morgan fingerprint density at radius 2 is 2.12 bits per heavy atom. The lowest BCUT2D eigenvalue weighted by Crippen LogP contribution is -2.55. The predicted octanol–water partition coefficient (Wildman–Crippen LogP) is 0.624. The Morgan fingerprint density at radius 3 is 2.53 bits per heavy atom. The van der Waals surface area contributed by atoms with E-state index in [0.717, 1.165) is 31.8 Å². The van der Waals surface area contributed by atoms with Crippen LogP contribution in [0.1, 0.15) is 32.6 Å². The molecule has 100 valence electrons. The quantitative estimate of drug-likeness (QED) is 0.760. The zero-order chi connectivity index (χ0) is 12.5. The minimum absolute atomic E-state index is 0.266. The van der Waals surface area contributed by atoms with Crippen LogP contribution in [0.4, 0.5) is 0 Å². The summed E-state index contributed by atoms with van der Waals surface area (Å²) in [5.74, 6) is 1.37. The van der Waals surface area contributed by atoms with Crippen molar-refractivity contribution >= 4 is 9.84 Å². The lowest BCUT2D eigenvalue weighted by molar-refractivity contribution is 0.110. The monoisotopic (exact) mass is 260 g/mol. The summed E-state index contributed by atoms with van der Waals surface area (Å²) in [6, 6.07) is 0. The summed E-state index contributed by atoms with van der Waals surface area (Å²) in [7, 11) is -2.87. The van der Waals surface area contributed by atoms with Gasteiger partial charge in [0.1, 0.15) is 0 Å². The van der Waals surface area contributed by atoms with Crippen molar-refractivity contribution in [3.05, 3.63) is 0 Å². The second-order valence-corrected chi connectivity index (χ2v) is 7.84. The summed E-state index contributed by atoms with van der Waals surface area (Å²) >= 11 is 0. The van der Waals surface area contributed by atoms with Crippen LogP contribution in [-0.4, -0.2) is 50.0 Å². The largest absolute Gasteiger partial charge is 0.329 e. The predicted molar refractivity (Wildman–Crippen MR) is 69.6 cm³/mol. The molecule has 17 heavy (non-hydrogen) atoms. The third-order valence-electron chi connectivity index (χ3n) is 4.09. The first-order valence-electron chi connectivity index (χ1n) is 6.67. The van der Waals surface area contributed by atoms with E-state index in [9.17, 15) is 8.42 Å². The molecule has 0 aromatic carbocycles. The molecule has 1 aliphatic carbocycles. The van der Waals surface area contributed by atoms with Crippen molar-refractivity contribution in [2.75, 3.05) is 31.1 Å². The Labute approximate surface area is 104 Å². The molecule has 2 aliphatic rings. The van der Waals surface area contributed by atoms with Crippen LogP contribution < -0.4 is 5.73 Å². The average Bonchev–Trinajstić information content (AvgIpc) is 3.02. The van der Waals surface area contributed by atoms with Crippen LogP contribution in [-0.2, 0) is 9.84 Å². The number of rotatable bonds is 6. The minimum atomic E-state index is -2.87. The number of nitrogens with zero attached hydrogens (tertiary/aromatic N) is 1. The molecule has 1 unspecified atom stereocenters. The molecule has 1 atom stereocenters. The van der Waals surface area contributed by atoms with Gasteiger partial charge < -0.3 is 5.73 Å². The Kier molecular flexibility index (Phi) is 3.80. The molecule has 0 radical (unpaired) electrons. The second kappa shape index (κ2) is 4.86. The van der Waals surface area contributed by atoms with Gasteiger partial charge in [-0.1, -0.05) is 6.92 Å². The molecule has 0 amide bonds. The van der Waals surface area contributed by atoms with E-state index in [4.69, 9.17) is 5.73 Å². The second-order valence-electron chi connectivity index (χ2n) is 5.66. The van der Waals surface area contributed by atoms with Crippen molar-refractivity contribution in [3.8, 4) is 0 Å². The van der Waals surface area contributed by atoms with Gasteiger partial charge in [0.15, 0.2) is 9.84 Å². The van der Waals surface area contributed by atoms with E-state index in [1.54, 1.807) is 0 Å². The lowest BCUT2D eigenvalue weighted by Gasteiger charge is -2.39. The highest BCUT2D eigenvalue weighted by Crippen LogP contribution is 2.35. The van der Waals surface area contributed by atoms with Crippen LogP contribution in [0.5, 0.6) is 0 Å². The lowest BCUT2D eigenvalue weighted by atomic mass is 9.95. The summed E-state index contributed by atoms with van der Waals surface area (Å²) < 4.78 is 23.5. The van der Waals surface area contributed by atoms with Gasteiger partial charge in [0.2, 0.25) is 0 Å². The van der Waals surface area contributed by atoms with Gasteiger partial charge in [-0.15, -0.1) is 0 Å². The molecule has 0 aromatic rings. The van der Waals surface area contributed by atoms with E-state index in [1.807, 2.05) is 0 Å². The topological polar surface area (TPSA) is 63.4 Å². The Hall–Kier alpha value is -0.130. The van der Waals surface area contributed by atoms with Crippen LogP contribution in [0, 0.1) is 5.92 Å². The number of hydrogen-bond donors (Lipinski definition) is 1. The summed E-state index contributed by atoms with van der Waals surface area (Å²) in [5, 5.41) is 0. The molecular formula is C12H24N2O2S. The number of hydrogen-bond acceptors (Lipinski definition) is 4. The zero-order valence-corrected chi connectivity index (χ0v) is 11.5. The van der Waals surface area contributed by atoms with E-state index in [0.29, 0.717) is 12.3 Å². The smallest absolute Gasteiger partial charge is 0.152 e. The van der Waals surface area contributed by atoms with Crippen LogP contribution in [0.3, 0.4) is 0 Å². The molecule has 1 saturated carbocycles. The first-order chi connectivity index (χ1) is 8.01. The Bertz CT molecular complexity index is 365. The molecule has 2 fully saturated rings. The van der Waals surface area contributed by atoms with Crippen molar-refractivity contribution in [2.45, 2.75) is 38.1 Å². The SMILES string of the molecule is CCCN(CC1CC1)C1(CN)CCS(=O)(=O)C1. The van der Waals surface area contributed by atoms with Crippen molar-refractivity contribution in [2.24, 2.45) is 11.7 Å². The van der Waals surface area contributed by atoms with E-state index < -0.39 is 9.84 Å². The highest BCUT2D eigenvalue weighted by Gasteiger charge is 2.46. The molecule has 1 aliphatic heterocycles. The van der Waals surface area contributed by atoms with Gasteiger partial charge in [-0.05, 0) is 38.1 Å². The maximum absolute atomic E-state index is 11.7. The Balaban J connectivity index is 2.12. The first kappa shape index (κ1) is 13.3. The van der Waals surface area contributed by atoms with Crippen molar-refractivity contribution in [1.82, 2.24) is 4.90 Å². The van der Waals surface area contributed by atoms with Gasteiger partial charge in [-0.3, -0.25) is 4.90 Å². The molecule has 5 heteroatoms. The fourth-order valence-corrected chi connectivity index (χ4v) is 4.94. The third kappa shape index (κ3) is 3.01. The van der Waals surface area contributed by atoms with Gasteiger partial charge in [0, 0.05) is 18.6 Å². The Morgan fingerprint density at radius 1 is 1.41 bits per heavy atom. The average molecular weight is 260 g/mol. The van der Waals surface area contributed by atoms with Crippen LogP contribution in [0.15, 0.2) is 0 Å². The summed E-state index contributed by atoms with van der Waals surface area (Å²) in [4.78, 5) is 2.37. The van der Waals surface area contributed by atoms with Crippen molar-refractivity contribution < 1.29 is 8.42 Å². The summed E-state index contributed by atoms with van der Waals surface area (Å²) in [6.07, 6.45) is 4.38. The van der Waals surface area contributed by atoms with Crippen molar-refractivity contribution in [1.29, 1.82) is 0 Å². The van der Waals surface area contributed by atoms with Crippen LogP contribution in [0.2, 0.25) is 0 Å². The van der Waals surface area contributed by atoms with Crippen LogP contribution >= 0.6 is 0 Å². The maximum Gasteiger partial charge on any atom is 0.152 e. The minimum Gasteiger partial charge on any atom is -0.329 e. The molecule has 1 saturated heterocycles. The number of sulfone groups is 1. The molecule has 0 spiro atoms. The van der Waals surface area contributed by atoms with Gasteiger partial charge in [-0.2, -0.15) is 0 Å². The summed E-state index contributed by atoms with van der Waals surface area (Å²) in [5.41, 5.74) is 5.64. The molecule has 1 heterocycles.